The van der Waals surface area contributed by atoms with Crippen molar-refractivity contribution in [2.45, 2.75) is 4.90 Å². The van der Waals surface area contributed by atoms with E-state index in [1.54, 1.807) is 30.3 Å². The number of hydrogen-bond acceptors (Lipinski definition) is 3. The van der Waals surface area contributed by atoms with Gasteiger partial charge in [0.2, 0.25) is 0 Å². The first kappa shape index (κ1) is 16.4. The number of sulfonamides is 1. The Morgan fingerprint density at radius 2 is 1.54 bits per heavy atom. The van der Waals surface area contributed by atoms with Crippen LogP contribution in [0, 0.1) is 0 Å². The highest BCUT2D eigenvalue weighted by Crippen LogP contribution is 2.19. The van der Waals surface area contributed by atoms with Crippen molar-refractivity contribution >= 4 is 38.3 Å². The standard InChI is InChI=1S/C17H13ClN2O3S/c18-16-8-4-3-7-15(16)17(21)19-20-24(22,23)14-10-9-12-5-1-2-6-13(12)11-14/h1-11,20H,(H,19,21). The monoisotopic (exact) mass is 360 g/mol. The Morgan fingerprint density at radius 1 is 0.875 bits per heavy atom. The van der Waals surface area contributed by atoms with E-state index in [-0.39, 0.29) is 15.5 Å². The molecule has 1 amide bonds. The molecule has 0 saturated heterocycles. The highest BCUT2D eigenvalue weighted by molar-refractivity contribution is 7.89. The molecule has 5 nitrogen and oxygen atoms in total. The molecule has 0 heterocycles. The second-order valence-electron chi connectivity index (χ2n) is 5.05. The first-order chi connectivity index (χ1) is 11.5. The van der Waals surface area contributed by atoms with Crippen molar-refractivity contribution in [3.8, 4) is 0 Å². The zero-order chi connectivity index (χ0) is 17.2. The molecule has 0 aliphatic carbocycles. The lowest BCUT2D eigenvalue weighted by Crippen LogP contribution is -2.41. The number of benzene rings is 3. The molecule has 3 aromatic rings. The number of amides is 1. The van der Waals surface area contributed by atoms with Gasteiger partial charge in [0.1, 0.15) is 0 Å². The number of halogens is 1. The molecule has 0 unspecified atom stereocenters. The fourth-order valence-corrected chi connectivity index (χ4v) is 3.32. The Bertz CT molecular complexity index is 1020. The third-order valence-corrected chi connectivity index (χ3v) is 5.02. The minimum Gasteiger partial charge on any atom is -0.273 e. The molecule has 0 aliphatic heterocycles. The molecule has 0 aliphatic rings. The van der Waals surface area contributed by atoms with Gasteiger partial charge in [0, 0.05) is 0 Å². The van der Waals surface area contributed by atoms with Gasteiger partial charge in [-0.15, -0.1) is 4.83 Å². The summed E-state index contributed by atoms with van der Waals surface area (Å²) in [5.74, 6) is -0.634. The minimum absolute atomic E-state index is 0.0562. The van der Waals surface area contributed by atoms with Gasteiger partial charge in [0.05, 0.1) is 15.5 Å². The van der Waals surface area contributed by atoms with Gasteiger partial charge in [-0.1, -0.05) is 54.1 Å². The van der Waals surface area contributed by atoms with Crippen LogP contribution in [0.3, 0.4) is 0 Å². The Balaban J connectivity index is 1.80. The Kier molecular flexibility index (Phi) is 4.53. The number of nitrogens with one attached hydrogen (secondary N) is 2. The maximum absolute atomic E-state index is 12.3. The van der Waals surface area contributed by atoms with Gasteiger partial charge >= 0.3 is 0 Å². The largest absolute Gasteiger partial charge is 0.273 e. The van der Waals surface area contributed by atoms with E-state index in [9.17, 15) is 13.2 Å². The van der Waals surface area contributed by atoms with Gasteiger partial charge in [-0.05, 0) is 35.0 Å². The predicted octanol–water partition coefficient (Wildman–Crippen LogP) is 3.12. The van der Waals surface area contributed by atoms with Crippen LogP contribution in [-0.4, -0.2) is 14.3 Å². The number of carbonyl (C=O) groups is 1. The summed E-state index contributed by atoms with van der Waals surface area (Å²) >= 11 is 5.91. The average Bonchev–Trinajstić information content (AvgIpc) is 2.60. The van der Waals surface area contributed by atoms with Crippen molar-refractivity contribution in [1.82, 2.24) is 10.3 Å². The van der Waals surface area contributed by atoms with Crippen molar-refractivity contribution in [3.05, 3.63) is 77.3 Å². The molecular weight excluding hydrogens is 348 g/mol. The number of carbonyl (C=O) groups excluding carboxylic acids is 1. The maximum Gasteiger partial charge on any atom is 0.267 e. The Hall–Kier alpha value is -2.41. The number of rotatable bonds is 4. The normalized spacial score (nSPS) is 11.4. The van der Waals surface area contributed by atoms with Crippen LogP contribution in [-0.2, 0) is 10.0 Å². The van der Waals surface area contributed by atoms with E-state index < -0.39 is 15.9 Å². The molecule has 0 radical (unpaired) electrons. The molecule has 3 rings (SSSR count). The van der Waals surface area contributed by atoms with Gasteiger partial charge in [-0.25, -0.2) is 8.42 Å². The van der Waals surface area contributed by atoms with Crippen LogP contribution in [0.4, 0.5) is 0 Å². The molecule has 0 spiro atoms. The highest BCUT2D eigenvalue weighted by Gasteiger charge is 2.17. The summed E-state index contributed by atoms with van der Waals surface area (Å²) in [6, 6.07) is 18.5. The van der Waals surface area contributed by atoms with Gasteiger partial charge in [-0.3, -0.25) is 10.2 Å². The highest BCUT2D eigenvalue weighted by atomic mass is 35.5. The van der Waals surface area contributed by atoms with Gasteiger partial charge in [0.25, 0.3) is 15.9 Å². The van der Waals surface area contributed by atoms with E-state index >= 15 is 0 Å². The fourth-order valence-electron chi connectivity index (χ4n) is 2.22. The first-order valence-electron chi connectivity index (χ1n) is 7.03. The molecule has 0 atom stereocenters. The average molecular weight is 361 g/mol. The molecular formula is C17H13ClN2O3S. The minimum atomic E-state index is -3.89. The summed E-state index contributed by atoms with van der Waals surface area (Å²) in [5.41, 5.74) is 2.35. The lowest BCUT2D eigenvalue weighted by Gasteiger charge is -2.10. The smallest absolute Gasteiger partial charge is 0.267 e. The summed E-state index contributed by atoms with van der Waals surface area (Å²) in [7, 11) is -3.89. The van der Waals surface area contributed by atoms with E-state index in [2.05, 4.69) is 10.3 Å². The fraction of sp³-hybridized carbons (Fsp3) is 0. The van der Waals surface area contributed by atoms with Crippen LogP contribution >= 0.6 is 11.6 Å². The van der Waals surface area contributed by atoms with E-state index in [1.165, 1.54) is 12.1 Å². The Morgan fingerprint density at radius 3 is 2.29 bits per heavy atom. The molecule has 7 heteroatoms. The summed E-state index contributed by atoms with van der Waals surface area (Å²) in [5, 5.41) is 1.95. The number of hydrogen-bond donors (Lipinski definition) is 2. The third kappa shape index (κ3) is 3.41. The molecule has 0 fully saturated rings. The van der Waals surface area contributed by atoms with Crippen LogP contribution in [0.1, 0.15) is 10.4 Å². The van der Waals surface area contributed by atoms with Crippen molar-refractivity contribution < 1.29 is 13.2 Å². The van der Waals surface area contributed by atoms with Crippen molar-refractivity contribution in [1.29, 1.82) is 0 Å². The molecule has 122 valence electrons. The van der Waals surface area contributed by atoms with E-state index in [1.807, 2.05) is 24.3 Å². The van der Waals surface area contributed by atoms with E-state index in [4.69, 9.17) is 11.6 Å². The molecule has 2 N–H and O–H groups in total. The molecule has 0 bridgehead atoms. The SMILES string of the molecule is O=C(NNS(=O)(=O)c1ccc2ccccc2c1)c1ccccc1Cl. The van der Waals surface area contributed by atoms with Gasteiger partial charge < -0.3 is 0 Å². The van der Waals surface area contributed by atoms with E-state index in [0.29, 0.717) is 0 Å². The summed E-state index contributed by atoms with van der Waals surface area (Å²) in [6.45, 7) is 0. The van der Waals surface area contributed by atoms with Crippen LogP contribution in [0.15, 0.2) is 71.6 Å². The zero-order valence-corrected chi connectivity index (χ0v) is 13.9. The number of fused-ring (bicyclic) bond motifs is 1. The maximum atomic E-state index is 12.3. The first-order valence-corrected chi connectivity index (χ1v) is 8.89. The van der Waals surface area contributed by atoms with Crippen LogP contribution < -0.4 is 10.3 Å². The molecule has 0 saturated carbocycles. The molecule has 3 aromatic carbocycles. The lowest BCUT2D eigenvalue weighted by atomic mass is 10.1. The molecule has 24 heavy (non-hydrogen) atoms. The van der Waals surface area contributed by atoms with Crippen LogP contribution in [0.5, 0.6) is 0 Å². The summed E-state index contributed by atoms with van der Waals surface area (Å²) in [6.07, 6.45) is 0. The topological polar surface area (TPSA) is 75.3 Å². The van der Waals surface area contributed by atoms with Gasteiger partial charge in [0.15, 0.2) is 0 Å². The van der Waals surface area contributed by atoms with Gasteiger partial charge in [-0.2, -0.15) is 0 Å². The Labute approximate surface area is 144 Å². The van der Waals surface area contributed by atoms with Crippen molar-refractivity contribution in [2.24, 2.45) is 0 Å². The lowest BCUT2D eigenvalue weighted by molar-refractivity contribution is 0.0945. The molecule has 0 aromatic heterocycles. The van der Waals surface area contributed by atoms with Crippen LogP contribution in [0.25, 0.3) is 10.8 Å². The van der Waals surface area contributed by atoms with E-state index in [0.717, 1.165) is 10.8 Å². The van der Waals surface area contributed by atoms with Crippen molar-refractivity contribution in [3.63, 3.8) is 0 Å². The summed E-state index contributed by atoms with van der Waals surface area (Å²) < 4.78 is 24.7. The predicted molar refractivity (Wildman–Crippen MR) is 93.2 cm³/mol. The van der Waals surface area contributed by atoms with Crippen molar-refractivity contribution in [2.75, 3.05) is 0 Å². The quantitative estimate of drug-likeness (QED) is 0.702. The second kappa shape index (κ2) is 6.60. The zero-order valence-electron chi connectivity index (χ0n) is 12.4. The van der Waals surface area contributed by atoms with Crippen LogP contribution in [0.2, 0.25) is 5.02 Å². The summed E-state index contributed by atoms with van der Waals surface area (Å²) in [4.78, 5) is 14.2. The second-order valence-corrected chi connectivity index (χ2v) is 7.14. The third-order valence-electron chi connectivity index (χ3n) is 3.45. The number of hydrazine groups is 1.